The quantitative estimate of drug-likeness (QED) is 0.738. The standard InChI is InChI=1S/C10H17ClN4/c1-3-9-8(6-11)4-5-15(9)10-7-12-13-14(10)2/h7-9H,3-6H2,1-2H3. The van der Waals surface area contributed by atoms with E-state index in [9.17, 15) is 0 Å². The topological polar surface area (TPSA) is 34.0 Å². The first-order valence-corrected chi connectivity index (χ1v) is 5.98. The highest BCUT2D eigenvalue weighted by atomic mass is 35.5. The third kappa shape index (κ3) is 1.83. The molecule has 0 amide bonds. The fourth-order valence-corrected chi connectivity index (χ4v) is 2.84. The van der Waals surface area contributed by atoms with Crippen molar-refractivity contribution >= 4 is 17.4 Å². The van der Waals surface area contributed by atoms with Crippen LogP contribution in [0.1, 0.15) is 19.8 Å². The molecule has 1 aromatic rings. The van der Waals surface area contributed by atoms with Gasteiger partial charge in [-0.2, -0.15) is 0 Å². The molecule has 1 saturated heterocycles. The summed E-state index contributed by atoms with van der Waals surface area (Å²) in [5.41, 5.74) is 0. The molecular formula is C10H17ClN4. The third-order valence-electron chi connectivity index (χ3n) is 3.29. The molecule has 0 aliphatic carbocycles. The van der Waals surface area contributed by atoms with Crippen LogP contribution in [0.15, 0.2) is 6.20 Å². The van der Waals surface area contributed by atoms with Crippen molar-refractivity contribution in [2.24, 2.45) is 13.0 Å². The molecule has 1 aromatic heterocycles. The van der Waals surface area contributed by atoms with Crippen molar-refractivity contribution in [3.8, 4) is 0 Å². The zero-order valence-electron chi connectivity index (χ0n) is 9.23. The molecule has 15 heavy (non-hydrogen) atoms. The summed E-state index contributed by atoms with van der Waals surface area (Å²) in [5, 5.41) is 7.90. The number of hydrogen-bond acceptors (Lipinski definition) is 3. The van der Waals surface area contributed by atoms with Crippen molar-refractivity contribution in [2.75, 3.05) is 17.3 Å². The Bertz CT molecular complexity index is 325. The normalized spacial score (nSPS) is 26.2. The highest BCUT2D eigenvalue weighted by Crippen LogP contribution is 2.31. The van der Waals surface area contributed by atoms with Crippen LogP contribution in [0.25, 0.3) is 0 Å². The maximum Gasteiger partial charge on any atom is 0.147 e. The molecule has 84 valence electrons. The summed E-state index contributed by atoms with van der Waals surface area (Å²) in [4.78, 5) is 2.38. The van der Waals surface area contributed by atoms with Crippen molar-refractivity contribution < 1.29 is 0 Å². The van der Waals surface area contributed by atoms with E-state index in [1.807, 2.05) is 17.9 Å². The number of nitrogens with zero attached hydrogens (tertiary/aromatic N) is 4. The minimum absolute atomic E-state index is 0.541. The smallest absolute Gasteiger partial charge is 0.147 e. The van der Waals surface area contributed by atoms with Gasteiger partial charge in [-0.1, -0.05) is 12.1 Å². The minimum atomic E-state index is 0.541. The van der Waals surface area contributed by atoms with E-state index in [0.717, 1.165) is 24.7 Å². The Morgan fingerprint density at radius 3 is 2.93 bits per heavy atom. The molecule has 4 nitrogen and oxygen atoms in total. The molecule has 1 aliphatic rings. The summed E-state index contributed by atoms with van der Waals surface area (Å²) in [6.07, 6.45) is 4.13. The molecule has 0 spiro atoms. The molecule has 2 rings (SSSR count). The zero-order valence-corrected chi connectivity index (χ0v) is 9.98. The number of aryl methyl sites for hydroxylation is 1. The summed E-state index contributed by atoms with van der Waals surface area (Å²) < 4.78 is 1.83. The van der Waals surface area contributed by atoms with Gasteiger partial charge in [-0.05, 0) is 18.8 Å². The number of anilines is 1. The van der Waals surface area contributed by atoms with Gasteiger partial charge in [0.1, 0.15) is 5.82 Å². The molecule has 2 atom stereocenters. The Morgan fingerprint density at radius 1 is 1.60 bits per heavy atom. The maximum absolute atomic E-state index is 5.98. The van der Waals surface area contributed by atoms with Crippen LogP contribution in [0.2, 0.25) is 0 Å². The van der Waals surface area contributed by atoms with Crippen LogP contribution in [0.5, 0.6) is 0 Å². The second-order valence-corrected chi connectivity index (χ2v) is 4.40. The third-order valence-corrected chi connectivity index (χ3v) is 3.68. The Morgan fingerprint density at radius 2 is 2.40 bits per heavy atom. The molecule has 0 saturated carbocycles. The average Bonchev–Trinajstić information content (AvgIpc) is 2.82. The first-order valence-electron chi connectivity index (χ1n) is 5.45. The van der Waals surface area contributed by atoms with Gasteiger partial charge in [-0.15, -0.1) is 16.7 Å². The van der Waals surface area contributed by atoms with Gasteiger partial charge in [0.2, 0.25) is 0 Å². The van der Waals surface area contributed by atoms with Gasteiger partial charge in [0.05, 0.1) is 6.20 Å². The molecule has 0 aromatic carbocycles. The van der Waals surface area contributed by atoms with Crippen molar-refractivity contribution in [2.45, 2.75) is 25.8 Å². The maximum atomic E-state index is 5.98. The molecular weight excluding hydrogens is 212 g/mol. The summed E-state index contributed by atoms with van der Waals surface area (Å²) >= 11 is 5.98. The largest absolute Gasteiger partial charge is 0.352 e. The number of halogens is 1. The van der Waals surface area contributed by atoms with Crippen molar-refractivity contribution in [1.29, 1.82) is 0 Å². The van der Waals surface area contributed by atoms with Crippen LogP contribution in [0.3, 0.4) is 0 Å². The first-order chi connectivity index (χ1) is 7.27. The van der Waals surface area contributed by atoms with E-state index in [4.69, 9.17) is 11.6 Å². The SMILES string of the molecule is CCC1C(CCl)CCN1c1cnnn1C. The molecule has 1 fully saturated rings. The van der Waals surface area contributed by atoms with E-state index in [-0.39, 0.29) is 0 Å². The Hall–Kier alpha value is -0.770. The Kier molecular flexibility index (Phi) is 3.14. The monoisotopic (exact) mass is 228 g/mol. The fraction of sp³-hybridized carbons (Fsp3) is 0.800. The van der Waals surface area contributed by atoms with E-state index in [0.29, 0.717) is 12.0 Å². The highest BCUT2D eigenvalue weighted by Gasteiger charge is 2.33. The van der Waals surface area contributed by atoms with Crippen LogP contribution in [0.4, 0.5) is 5.82 Å². The minimum Gasteiger partial charge on any atom is -0.352 e. The fourth-order valence-electron chi connectivity index (χ4n) is 2.48. The molecule has 0 bridgehead atoms. The van der Waals surface area contributed by atoms with Gasteiger partial charge in [0, 0.05) is 25.5 Å². The van der Waals surface area contributed by atoms with Crippen LogP contribution < -0.4 is 4.90 Å². The van der Waals surface area contributed by atoms with E-state index in [1.54, 1.807) is 0 Å². The second-order valence-electron chi connectivity index (χ2n) is 4.09. The van der Waals surface area contributed by atoms with E-state index < -0.39 is 0 Å². The van der Waals surface area contributed by atoms with E-state index in [1.165, 1.54) is 6.42 Å². The van der Waals surface area contributed by atoms with Crippen molar-refractivity contribution in [1.82, 2.24) is 15.0 Å². The predicted octanol–water partition coefficient (Wildman–Crippen LogP) is 1.66. The van der Waals surface area contributed by atoms with Crippen molar-refractivity contribution in [3.05, 3.63) is 6.20 Å². The van der Waals surface area contributed by atoms with E-state index in [2.05, 4.69) is 22.1 Å². The zero-order chi connectivity index (χ0) is 10.8. The Balaban J connectivity index is 2.20. The second kappa shape index (κ2) is 4.39. The van der Waals surface area contributed by atoms with Gasteiger partial charge >= 0.3 is 0 Å². The molecule has 2 heterocycles. The number of rotatable bonds is 3. The van der Waals surface area contributed by atoms with Crippen molar-refractivity contribution in [3.63, 3.8) is 0 Å². The predicted molar refractivity (Wildman–Crippen MR) is 61.3 cm³/mol. The van der Waals surface area contributed by atoms with Gasteiger partial charge in [0.15, 0.2) is 0 Å². The van der Waals surface area contributed by atoms with Crippen LogP contribution in [0, 0.1) is 5.92 Å². The average molecular weight is 229 g/mol. The molecule has 5 heteroatoms. The Labute approximate surface area is 95.2 Å². The number of alkyl halides is 1. The molecule has 2 unspecified atom stereocenters. The summed E-state index contributed by atoms with van der Waals surface area (Å²) in [7, 11) is 1.93. The van der Waals surface area contributed by atoms with Crippen LogP contribution >= 0.6 is 11.6 Å². The molecule has 0 radical (unpaired) electrons. The lowest BCUT2D eigenvalue weighted by Crippen LogP contribution is -2.34. The van der Waals surface area contributed by atoms with E-state index >= 15 is 0 Å². The van der Waals surface area contributed by atoms with Gasteiger partial charge in [-0.25, -0.2) is 4.68 Å². The van der Waals surface area contributed by atoms with Gasteiger partial charge in [0.25, 0.3) is 0 Å². The number of hydrogen-bond donors (Lipinski definition) is 0. The lowest BCUT2D eigenvalue weighted by molar-refractivity contribution is 0.498. The lowest BCUT2D eigenvalue weighted by Gasteiger charge is -2.27. The molecule has 1 aliphatic heterocycles. The van der Waals surface area contributed by atoms with Gasteiger partial charge in [-0.3, -0.25) is 0 Å². The highest BCUT2D eigenvalue weighted by molar-refractivity contribution is 6.18. The summed E-state index contributed by atoms with van der Waals surface area (Å²) in [5.74, 6) is 2.46. The first kappa shape index (κ1) is 10.7. The lowest BCUT2D eigenvalue weighted by atomic mass is 10.0. The van der Waals surface area contributed by atoms with Gasteiger partial charge < -0.3 is 4.90 Å². The number of aromatic nitrogens is 3. The summed E-state index contributed by atoms with van der Waals surface area (Å²) in [6, 6.07) is 0.541. The molecule has 0 N–H and O–H groups in total. The summed E-state index contributed by atoms with van der Waals surface area (Å²) in [6.45, 7) is 3.28. The van der Waals surface area contributed by atoms with Crippen LogP contribution in [-0.2, 0) is 7.05 Å². The van der Waals surface area contributed by atoms with Crippen LogP contribution in [-0.4, -0.2) is 33.5 Å².